The van der Waals surface area contributed by atoms with E-state index in [9.17, 15) is 0 Å². The van der Waals surface area contributed by atoms with E-state index in [4.69, 9.17) is 19.9 Å². The minimum Gasteiger partial charge on any atom is -0.235 e. The summed E-state index contributed by atoms with van der Waals surface area (Å²) in [6.45, 7) is 0. The van der Waals surface area contributed by atoms with Crippen LogP contribution in [0.25, 0.3) is 60.3 Å². The Hall–Kier alpha value is -4.74. The second-order valence-electron chi connectivity index (χ2n) is 9.43. The Bertz CT molecular complexity index is 1840. The average molecular weight is 521 g/mol. The van der Waals surface area contributed by atoms with E-state index in [1.54, 1.807) is 11.3 Å². The molecule has 0 saturated carbocycles. The molecule has 6 aromatic rings. The molecule has 0 unspecified atom stereocenters. The Morgan fingerprint density at radius 1 is 0.513 bits per heavy atom. The summed E-state index contributed by atoms with van der Waals surface area (Å²) in [5, 5.41) is 1.03. The highest BCUT2D eigenvalue weighted by Gasteiger charge is 2.15. The van der Waals surface area contributed by atoms with E-state index in [2.05, 4.69) is 85.0 Å². The Morgan fingerprint density at radius 3 is 1.85 bits per heavy atom. The van der Waals surface area contributed by atoms with Crippen molar-refractivity contribution in [3.8, 4) is 44.5 Å². The van der Waals surface area contributed by atoms with E-state index in [1.807, 2.05) is 36.4 Å². The minimum atomic E-state index is 0.670. The Morgan fingerprint density at radius 2 is 1.15 bits per heavy atom. The number of para-hydroxylation sites is 1. The van der Waals surface area contributed by atoms with Crippen molar-refractivity contribution in [3.63, 3.8) is 0 Å². The van der Waals surface area contributed by atoms with Crippen LogP contribution in [0.5, 0.6) is 0 Å². The Labute approximate surface area is 231 Å². The zero-order chi connectivity index (χ0) is 26.0. The van der Waals surface area contributed by atoms with Crippen molar-refractivity contribution < 1.29 is 0 Å². The lowest BCUT2D eigenvalue weighted by molar-refractivity contribution is 1.01. The Balaban J connectivity index is 1.28. The summed E-state index contributed by atoms with van der Waals surface area (Å²) < 4.78 is 1.18. The summed E-state index contributed by atoms with van der Waals surface area (Å²) in [5.41, 5.74) is 7.38. The van der Waals surface area contributed by atoms with Gasteiger partial charge >= 0.3 is 0 Å². The van der Waals surface area contributed by atoms with Crippen LogP contribution in [0.2, 0.25) is 0 Å². The lowest BCUT2D eigenvalue weighted by atomic mass is 10.0. The number of thiazole rings is 1. The van der Waals surface area contributed by atoms with Gasteiger partial charge < -0.3 is 0 Å². The van der Waals surface area contributed by atoms with Gasteiger partial charge in [-0.1, -0.05) is 115 Å². The molecule has 4 aromatic carbocycles. The minimum absolute atomic E-state index is 0.670. The quantitative estimate of drug-likeness (QED) is 0.228. The maximum absolute atomic E-state index is 5.02. The van der Waals surface area contributed by atoms with Gasteiger partial charge in [0.15, 0.2) is 17.5 Å². The van der Waals surface area contributed by atoms with Gasteiger partial charge in [0.25, 0.3) is 0 Å². The molecule has 39 heavy (non-hydrogen) atoms. The fraction of sp³-hybridized carbons (Fsp3) is 0.0588. The zero-order valence-corrected chi connectivity index (χ0v) is 22.0. The molecule has 2 heterocycles. The summed E-state index contributed by atoms with van der Waals surface area (Å²) in [7, 11) is 0. The molecule has 0 N–H and O–H groups in total. The van der Waals surface area contributed by atoms with Crippen molar-refractivity contribution in [2.75, 3.05) is 0 Å². The first-order chi connectivity index (χ1) is 19.3. The van der Waals surface area contributed by atoms with Crippen LogP contribution >= 0.6 is 11.3 Å². The van der Waals surface area contributed by atoms with Gasteiger partial charge in [-0.3, -0.25) is 0 Å². The van der Waals surface area contributed by atoms with Gasteiger partial charge in [0.2, 0.25) is 0 Å². The molecule has 0 saturated heterocycles. The number of hydrogen-bond acceptors (Lipinski definition) is 5. The van der Waals surface area contributed by atoms with Gasteiger partial charge in [-0.2, -0.15) is 0 Å². The molecule has 0 fully saturated rings. The summed E-state index contributed by atoms with van der Waals surface area (Å²) in [5.74, 6) is 2.06. The monoisotopic (exact) mass is 520 g/mol. The van der Waals surface area contributed by atoms with E-state index in [1.165, 1.54) is 4.70 Å². The highest BCUT2D eigenvalue weighted by Crippen LogP contribution is 2.36. The summed E-state index contributed by atoms with van der Waals surface area (Å²) in [4.78, 5) is 19.6. The molecule has 2 aromatic heterocycles. The van der Waals surface area contributed by atoms with E-state index in [0.29, 0.717) is 17.5 Å². The molecule has 5 heteroatoms. The van der Waals surface area contributed by atoms with Gasteiger partial charge in [0, 0.05) is 27.8 Å². The second kappa shape index (κ2) is 10.2. The van der Waals surface area contributed by atoms with Gasteiger partial charge in [0.1, 0.15) is 5.01 Å². The van der Waals surface area contributed by atoms with Crippen LogP contribution in [-0.4, -0.2) is 19.9 Å². The largest absolute Gasteiger partial charge is 0.235 e. The van der Waals surface area contributed by atoms with Crippen LogP contribution < -0.4 is 0 Å². The number of aromatic nitrogens is 4. The van der Waals surface area contributed by atoms with Crippen LogP contribution in [0.15, 0.2) is 121 Å². The normalized spacial score (nSPS) is 13.0. The molecule has 0 radical (unpaired) electrons. The van der Waals surface area contributed by atoms with Crippen molar-refractivity contribution in [1.82, 2.24) is 19.9 Å². The second-order valence-corrected chi connectivity index (χ2v) is 10.5. The third-order valence-corrected chi connectivity index (χ3v) is 7.88. The third-order valence-electron chi connectivity index (χ3n) is 6.81. The van der Waals surface area contributed by atoms with Gasteiger partial charge in [-0.05, 0) is 24.5 Å². The molecule has 1 aliphatic rings. The highest BCUT2D eigenvalue weighted by molar-refractivity contribution is 7.21. The first-order valence-corrected chi connectivity index (χ1v) is 13.9. The molecular weight excluding hydrogens is 496 g/mol. The Kier molecular flexibility index (Phi) is 6.11. The van der Waals surface area contributed by atoms with Gasteiger partial charge in [0.05, 0.1) is 10.2 Å². The molecule has 0 atom stereocenters. The molecule has 0 aliphatic heterocycles. The molecule has 0 bridgehead atoms. The van der Waals surface area contributed by atoms with Crippen LogP contribution in [0, 0.1) is 0 Å². The predicted octanol–water partition coefficient (Wildman–Crippen LogP) is 8.88. The lowest BCUT2D eigenvalue weighted by Crippen LogP contribution is -2.03. The molecule has 4 nitrogen and oxygen atoms in total. The topological polar surface area (TPSA) is 51.6 Å². The molecule has 0 amide bonds. The fourth-order valence-corrected chi connectivity index (χ4v) is 5.81. The van der Waals surface area contributed by atoms with Crippen molar-refractivity contribution in [2.24, 2.45) is 0 Å². The number of rotatable bonds is 5. The van der Waals surface area contributed by atoms with Gasteiger partial charge in [-0.25, -0.2) is 19.9 Å². The molecule has 1 aliphatic carbocycles. The van der Waals surface area contributed by atoms with Crippen molar-refractivity contribution in [3.05, 3.63) is 127 Å². The molecule has 0 spiro atoms. The SMILES string of the molecule is C1=CC(c2nc(-c3ccccc3)nc(-c3ccc(-c4cccc5sc(-c6ccccc6)nc45)cc3)n2)=CCC1. The zero-order valence-electron chi connectivity index (χ0n) is 21.2. The smallest absolute Gasteiger partial charge is 0.164 e. The standard InChI is InChI=1S/C34H24N4S/c1-4-11-24(12-5-1)31-36-32(25-13-6-2-7-14-25)38-33(37-31)26-21-19-23(20-22-26)28-17-10-18-29-30(28)35-34(39-29)27-15-8-3-9-16-27/h1,3-6,8-22H,2,7H2. The van der Waals surface area contributed by atoms with E-state index < -0.39 is 0 Å². The number of fused-ring (bicyclic) bond motifs is 1. The molecular formula is C34H24N4S. The van der Waals surface area contributed by atoms with Crippen LogP contribution in [0.1, 0.15) is 18.7 Å². The number of hydrogen-bond donors (Lipinski definition) is 0. The maximum atomic E-state index is 5.02. The highest BCUT2D eigenvalue weighted by atomic mass is 32.1. The number of allylic oxidation sites excluding steroid dienone is 4. The van der Waals surface area contributed by atoms with Gasteiger partial charge in [-0.15, -0.1) is 11.3 Å². The first-order valence-electron chi connectivity index (χ1n) is 13.1. The van der Waals surface area contributed by atoms with Crippen molar-refractivity contribution in [1.29, 1.82) is 0 Å². The fourth-order valence-electron chi connectivity index (χ4n) is 4.81. The average Bonchev–Trinajstić information content (AvgIpc) is 3.47. The van der Waals surface area contributed by atoms with E-state index >= 15 is 0 Å². The summed E-state index contributed by atoms with van der Waals surface area (Å²) >= 11 is 1.72. The third kappa shape index (κ3) is 4.69. The van der Waals surface area contributed by atoms with Crippen LogP contribution in [0.3, 0.4) is 0 Å². The molecule has 186 valence electrons. The van der Waals surface area contributed by atoms with Crippen molar-refractivity contribution >= 4 is 27.1 Å². The predicted molar refractivity (Wildman–Crippen MR) is 161 cm³/mol. The van der Waals surface area contributed by atoms with E-state index in [-0.39, 0.29) is 0 Å². The summed E-state index contributed by atoms with van der Waals surface area (Å²) in [6.07, 6.45) is 8.54. The maximum Gasteiger partial charge on any atom is 0.164 e. The number of benzene rings is 4. The summed E-state index contributed by atoms with van der Waals surface area (Å²) in [6, 6.07) is 35.3. The lowest BCUT2D eigenvalue weighted by Gasteiger charge is -2.11. The molecule has 7 rings (SSSR count). The van der Waals surface area contributed by atoms with Crippen LogP contribution in [-0.2, 0) is 0 Å². The number of nitrogens with zero attached hydrogens (tertiary/aromatic N) is 4. The van der Waals surface area contributed by atoms with E-state index in [0.717, 1.165) is 56.8 Å². The van der Waals surface area contributed by atoms with Crippen LogP contribution in [0.4, 0.5) is 0 Å². The first kappa shape index (κ1) is 23.4. The van der Waals surface area contributed by atoms with Crippen molar-refractivity contribution in [2.45, 2.75) is 12.8 Å².